The predicted molar refractivity (Wildman–Crippen MR) is 100 cm³/mol. The number of hydrogen-bond acceptors (Lipinski definition) is 4. The molecule has 0 amide bonds. The third-order valence-corrected chi connectivity index (χ3v) is 3.99. The number of rotatable bonds is 6. The largest absolute Gasteiger partial charge is 0.490 e. The summed E-state index contributed by atoms with van der Waals surface area (Å²) in [5, 5.41) is 2.06. The number of benzene rings is 3. The number of halogens is 1. The molecular formula is C20H17BrO4. The second-order valence-electron chi connectivity index (χ2n) is 5.30. The van der Waals surface area contributed by atoms with Crippen LogP contribution < -0.4 is 14.2 Å². The van der Waals surface area contributed by atoms with Gasteiger partial charge in [0, 0.05) is 4.47 Å². The van der Waals surface area contributed by atoms with Gasteiger partial charge in [0.25, 0.3) is 0 Å². The lowest BCUT2D eigenvalue weighted by atomic mass is 10.1. The number of hydrogen-bond donors (Lipinski definition) is 0. The van der Waals surface area contributed by atoms with Gasteiger partial charge < -0.3 is 14.2 Å². The van der Waals surface area contributed by atoms with Crippen LogP contribution in [0.4, 0.5) is 0 Å². The van der Waals surface area contributed by atoms with Gasteiger partial charge in [-0.15, -0.1) is 0 Å². The lowest BCUT2D eigenvalue weighted by Crippen LogP contribution is -2.18. The van der Waals surface area contributed by atoms with Crippen LogP contribution in [0, 0.1) is 0 Å². The highest BCUT2D eigenvalue weighted by Gasteiger charge is 2.10. The Bertz CT molecular complexity index is 892. The van der Waals surface area contributed by atoms with Gasteiger partial charge in [-0.25, -0.2) is 4.79 Å². The van der Waals surface area contributed by atoms with Crippen LogP contribution in [0.5, 0.6) is 17.2 Å². The minimum absolute atomic E-state index is 0.192. The summed E-state index contributed by atoms with van der Waals surface area (Å²) in [6, 6.07) is 18.6. The smallest absolute Gasteiger partial charge is 0.349 e. The minimum Gasteiger partial charge on any atom is -0.490 e. The third-order valence-electron chi connectivity index (χ3n) is 3.50. The fourth-order valence-corrected chi connectivity index (χ4v) is 2.78. The number of para-hydroxylation sites is 2. The maximum Gasteiger partial charge on any atom is 0.349 e. The average molecular weight is 401 g/mol. The molecule has 5 heteroatoms. The van der Waals surface area contributed by atoms with Crippen molar-refractivity contribution in [1.82, 2.24) is 0 Å². The first kappa shape index (κ1) is 17.3. The molecule has 3 aromatic rings. The van der Waals surface area contributed by atoms with E-state index in [0.717, 1.165) is 15.2 Å². The molecule has 128 valence electrons. The highest BCUT2D eigenvalue weighted by Crippen LogP contribution is 2.27. The predicted octanol–water partition coefficient (Wildman–Crippen LogP) is 4.99. The Labute approximate surface area is 154 Å². The van der Waals surface area contributed by atoms with Gasteiger partial charge >= 0.3 is 5.97 Å². The van der Waals surface area contributed by atoms with Crippen LogP contribution in [-0.4, -0.2) is 19.2 Å². The van der Waals surface area contributed by atoms with E-state index in [1.807, 2.05) is 49.4 Å². The zero-order valence-corrected chi connectivity index (χ0v) is 15.3. The number of carbonyl (C=O) groups is 1. The molecule has 3 aromatic carbocycles. The van der Waals surface area contributed by atoms with E-state index in [9.17, 15) is 4.79 Å². The summed E-state index contributed by atoms with van der Waals surface area (Å²) in [7, 11) is 0. The van der Waals surface area contributed by atoms with E-state index >= 15 is 0 Å². The SMILES string of the molecule is CCOc1ccccc1OCC(=O)Oc1ccc2cc(Br)ccc2c1. The van der Waals surface area contributed by atoms with E-state index in [4.69, 9.17) is 14.2 Å². The monoisotopic (exact) mass is 400 g/mol. The molecule has 0 aliphatic heterocycles. The molecule has 0 aliphatic rings. The summed E-state index contributed by atoms with van der Waals surface area (Å²) in [6.45, 7) is 2.23. The summed E-state index contributed by atoms with van der Waals surface area (Å²) >= 11 is 3.44. The molecule has 25 heavy (non-hydrogen) atoms. The molecule has 0 saturated carbocycles. The molecule has 4 nitrogen and oxygen atoms in total. The van der Waals surface area contributed by atoms with Crippen molar-refractivity contribution >= 4 is 32.7 Å². The number of esters is 1. The van der Waals surface area contributed by atoms with Gasteiger partial charge in [-0.2, -0.15) is 0 Å². The lowest BCUT2D eigenvalue weighted by Gasteiger charge is -2.11. The van der Waals surface area contributed by atoms with E-state index in [1.54, 1.807) is 18.2 Å². The molecule has 0 N–H and O–H groups in total. The van der Waals surface area contributed by atoms with E-state index in [-0.39, 0.29) is 6.61 Å². The Hall–Kier alpha value is -2.53. The first-order chi connectivity index (χ1) is 12.2. The molecule has 0 aliphatic carbocycles. The second-order valence-corrected chi connectivity index (χ2v) is 6.21. The van der Waals surface area contributed by atoms with Gasteiger partial charge in [0.2, 0.25) is 0 Å². The molecular weight excluding hydrogens is 384 g/mol. The Kier molecular flexibility index (Phi) is 5.56. The first-order valence-corrected chi connectivity index (χ1v) is 8.69. The molecule has 0 spiro atoms. The van der Waals surface area contributed by atoms with E-state index < -0.39 is 5.97 Å². The number of ether oxygens (including phenoxy) is 3. The Balaban J connectivity index is 1.64. The van der Waals surface area contributed by atoms with Crippen LogP contribution in [0.2, 0.25) is 0 Å². The van der Waals surface area contributed by atoms with Crippen molar-refractivity contribution < 1.29 is 19.0 Å². The van der Waals surface area contributed by atoms with Crippen molar-refractivity contribution in [2.45, 2.75) is 6.92 Å². The average Bonchev–Trinajstić information content (AvgIpc) is 2.61. The lowest BCUT2D eigenvalue weighted by molar-refractivity contribution is -0.136. The van der Waals surface area contributed by atoms with E-state index in [1.165, 1.54) is 0 Å². The van der Waals surface area contributed by atoms with Crippen LogP contribution in [0.15, 0.2) is 65.1 Å². The van der Waals surface area contributed by atoms with Crippen LogP contribution >= 0.6 is 15.9 Å². The zero-order valence-electron chi connectivity index (χ0n) is 13.7. The molecule has 0 bridgehead atoms. The van der Waals surface area contributed by atoms with Crippen molar-refractivity contribution in [3.8, 4) is 17.2 Å². The quantitative estimate of drug-likeness (QED) is 0.432. The minimum atomic E-state index is -0.470. The van der Waals surface area contributed by atoms with Gasteiger partial charge in [0.05, 0.1) is 6.61 Å². The molecule has 0 saturated heterocycles. The van der Waals surface area contributed by atoms with Gasteiger partial charge in [-0.05, 0) is 54.1 Å². The highest BCUT2D eigenvalue weighted by molar-refractivity contribution is 9.10. The summed E-state index contributed by atoms with van der Waals surface area (Å²) in [6.07, 6.45) is 0. The molecule has 0 unspecified atom stereocenters. The molecule has 0 radical (unpaired) electrons. The van der Waals surface area contributed by atoms with E-state index in [2.05, 4.69) is 15.9 Å². The summed E-state index contributed by atoms with van der Waals surface area (Å²) in [4.78, 5) is 12.0. The number of carbonyl (C=O) groups excluding carboxylic acids is 1. The summed E-state index contributed by atoms with van der Waals surface area (Å²) < 4.78 is 17.3. The molecule has 0 fully saturated rings. The van der Waals surface area contributed by atoms with Crippen LogP contribution in [-0.2, 0) is 4.79 Å². The van der Waals surface area contributed by atoms with Gasteiger partial charge in [-0.3, -0.25) is 0 Å². The molecule has 3 rings (SSSR count). The normalized spacial score (nSPS) is 10.5. The Morgan fingerprint density at radius 2 is 1.60 bits per heavy atom. The maximum absolute atomic E-state index is 12.0. The van der Waals surface area contributed by atoms with Crippen molar-refractivity contribution in [3.05, 3.63) is 65.1 Å². The number of fused-ring (bicyclic) bond motifs is 1. The Morgan fingerprint density at radius 3 is 2.36 bits per heavy atom. The van der Waals surface area contributed by atoms with Crippen LogP contribution in [0.25, 0.3) is 10.8 Å². The maximum atomic E-state index is 12.0. The van der Waals surface area contributed by atoms with Crippen molar-refractivity contribution in [2.24, 2.45) is 0 Å². The van der Waals surface area contributed by atoms with Crippen LogP contribution in [0.1, 0.15) is 6.92 Å². The van der Waals surface area contributed by atoms with Crippen molar-refractivity contribution in [2.75, 3.05) is 13.2 Å². The molecule has 0 aromatic heterocycles. The molecule has 0 heterocycles. The van der Waals surface area contributed by atoms with E-state index in [0.29, 0.717) is 23.9 Å². The van der Waals surface area contributed by atoms with Crippen molar-refractivity contribution in [1.29, 1.82) is 0 Å². The summed E-state index contributed by atoms with van der Waals surface area (Å²) in [5.41, 5.74) is 0. The molecule has 0 atom stereocenters. The van der Waals surface area contributed by atoms with Gasteiger partial charge in [0.15, 0.2) is 18.1 Å². The van der Waals surface area contributed by atoms with Gasteiger partial charge in [-0.1, -0.05) is 40.2 Å². The standard InChI is InChI=1S/C20H17BrO4/c1-2-23-18-5-3-4-6-19(18)24-13-20(22)25-17-10-8-14-11-16(21)9-7-15(14)12-17/h3-12H,2,13H2,1H3. The highest BCUT2D eigenvalue weighted by atomic mass is 79.9. The first-order valence-electron chi connectivity index (χ1n) is 7.90. The fourth-order valence-electron chi connectivity index (χ4n) is 2.40. The third kappa shape index (κ3) is 4.51. The zero-order chi connectivity index (χ0) is 17.6. The Morgan fingerprint density at radius 1 is 0.920 bits per heavy atom. The van der Waals surface area contributed by atoms with Crippen LogP contribution in [0.3, 0.4) is 0 Å². The second kappa shape index (κ2) is 8.03. The summed E-state index contributed by atoms with van der Waals surface area (Å²) in [5.74, 6) is 1.14. The fraction of sp³-hybridized carbons (Fsp3) is 0.150. The van der Waals surface area contributed by atoms with Gasteiger partial charge in [0.1, 0.15) is 5.75 Å². The van der Waals surface area contributed by atoms with Crippen molar-refractivity contribution in [3.63, 3.8) is 0 Å². The topological polar surface area (TPSA) is 44.8 Å².